The van der Waals surface area contributed by atoms with Crippen molar-refractivity contribution in [1.29, 1.82) is 0 Å². The molecule has 2 aliphatic carbocycles. The van der Waals surface area contributed by atoms with Crippen molar-refractivity contribution < 1.29 is 77.2 Å². The Balaban J connectivity index is 0.000000185. The molecule has 0 saturated heterocycles. The monoisotopic (exact) mass is 1170 g/mol. The third kappa shape index (κ3) is 12.4. The highest BCUT2D eigenvalue weighted by Crippen LogP contribution is 2.43. The minimum Gasteiger partial charge on any atom is -0.421 e. The number of halogens is 10. The lowest BCUT2D eigenvalue weighted by atomic mass is 10.0. The van der Waals surface area contributed by atoms with Crippen LogP contribution in [-0.2, 0) is 28.3 Å². The number of anilines is 2. The highest BCUT2D eigenvalue weighted by Gasteiger charge is 2.60. The van der Waals surface area contributed by atoms with Gasteiger partial charge in [0.1, 0.15) is 46.9 Å². The van der Waals surface area contributed by atoms with Crippen LogP contribution in [-0.4, -0.2) is 119 Å². The van der Waals surface area contributed by atoms with Crippen LogP contribution in [0.15, 0.2) is 111 Å². The summed E-state index contributed by atoms with van der Waals surface area (Å²) in [4.78, 5) is 39.8. The first-order valence-electron chi connectivity index (χ1n) is 24.8. The molecule has 2 aromatic carbocycles. The molecular formula is C51H41F10N15O7. The van der Waals surface area contributed by atoms with Crippen LogP contribution in [0.1, 0.15) is 54.5 Å². The number of hydrogen-bond donors (Lipinski definition) is 5. The first-order chi connectivity index (χ1) is 39.6. The zero-order valence-corrected chi connectivity index (χ0v) is 42.3. The van der Waals surface area contributed by atoms with Crippen molar-refractivity contribution in [2.45, 2.75) is 68.2 Å². The average molecular weight is 1170 g/mol. The van der Waals surface area contributed by atoms with Gasteiger partial charge >= 0.3 is 12.4 Å². The second kappa shape index (κ2) is 22.8. The lowest BCUT2D eigenvalue weighted by Crippen LogP contribution is -2.61. The number of carbonyl (C=O) groups is 2. The van der Waals surface area contributed by atoms with Gasteiger partial charge in [-0.15, -0.1) is 10.2 Å². The Labute approximate surface area is 459 Å². The fourth-order valence-corrected chi connectivity index (χ4v) is 7.99. The summed E-state index contributed by atoms with van der Waals surface area (Å²) in [5, 5.41) is 50.3. The van der Waals surface area contributed by atoms with Crippen molar-refractivity contribution >= 4 is 23.3 Å². The number of ketones is 1. The van der Waals surface area contributed by atoms with E-state index in [0.717, 1.165) is 6.20 Å². The number of Topliss-reactive ketones (excluding diaryl/α,β-unsaturated/α-hetero) is 1. The maximum Gasteiger partial charge on any atom is 0.428 e. The molecule has 32 heteroatoms. The standard InChI is InChI=1S/C26H22F5N7O4.C25H19F5N8O3/c27-16-4-2-1-3-15(16)12-38-20(18-7-8-42-37-18)9-19(36-38)23-32-10-17(28)22(35-23)34-13-25(41,26(29,30)31)24(40)33-11-21(39)14-5-6-14;26-15-4-2-1-3-14(15)11-38-19(17-7-8-40-37-17)9-18(36-38)21-31-10-16(27)20(33-21)32-12-24(39,25(28,29)30)23-35-34-22(41-23)13-5-6-13/h1-4,7-10,14,41H,5-6,11-13H2,(H,33,40)(H,32,34,35);1-4,7-10,13,39H,5-6,11-12H2,(H,31,32,33). The Kier molecular flexibility index (Phi) is 15.6. The third-order valence-electron chi connectivity index (χ3n) is 13.0. The van der Waals surface area contributed by atoms with Gasteiger partial charge in [-0.05, 0) is 49.9 Å². The Morgan fingerprint density at radius 3 is 1.58 bits per heavy atom. The fourth-order valence-electron chi connectivity index (χ4n) is 7.99. The summed E-state index contributed by atoms with van der Waals surface area (Å²) < 4.78 is 159. The summed E-state index contributed by atoms with van der Waals surface area (Å²) in [6.07, 6.45) is -4.18. The van der Waals surface area contributed by atoms with Gasteiger partial charge in [0.05, 0.1) is 56.5 Å². The van der Waals surface area contributed by atoms with Gasteiger partial charge in [0, 0.05) is 35.1 Å². The summed E-state index contributed by atoms with van der Waals surface area (Å²) >= 11 is 0. The molecule has 432 valence electrons. The predicted octanol–water partition coefficient (Wildman–Crippen LogP) is 7.57. The van der Waals surface area contributed by atoms with E-state index in [2.05, 4.69) is 56.0 Å². The number of carbonyl (C=O) groups excluding carboxylic acids is 2. The molecule has 1 amide bonds. The first kappa shape index (κ1) is 56.8. The molecule has 0 bridgehead atoms. The zero-order chi connectivity index (χ0) is 58.8. The van der Waals surface area contributed by atoms with Crippen LogP contribution < -0.4 is 16.0 Å². The van der Waals surface area contributed by atoms with E-state index in [4.69, 9.17) is 13.5 Å². The molecule has 2 fully saturated rings. The average Bonchev–Trinajstić information content (AvgIpc) is 3.76. The van der Waals surface area contributed by atoms with Crippen molar-refractivity contribution in [2.24, 2.45) is 5.92 Å². The van der Waals surface area contributed by atoms with Crippen LogP contribution in [0.25, 0.3) is 45.8 Å². The molecule has 0 aliphatic heterocycles. The van der Waals surface area contributed by atoms with Gasteiger partial charge in [-0.25, -0.2) is 37.5 Å². The molecule has 2 unspecified atom stereocenters. The van der Waals surface area contributed by atoms with E-state index in [0.29, 0.717) is 60.2 Å². The molecule has 0 radical (unpaired) electrons. The number of benzene rings is 2. The molecule has 83 heavy (non-hydrogen) atoms. The molecule has 0 spiro atoms. The minimum absolute atomic E-state index is 0.00735. The number of amides is 1. The zero-order valence-electron chi connectivity index (χ0n) is 42.3. The molecule has 11 rings (SSSR count). The summed E-state index contributed by atoms with van der Waals surface area (Å²) in [7, 11) is 0. The third-order valence-corrected chi connectivity index (χ3v) is 13.0. The molecule has 22 nitrogen and oxygen atoms in total. The smallest absolute Gasteiger partial charge is 0.421 e. The van der Waals surface area contributed by atoms with Crippen LogP contribution in [0.5, 0.6) is 0 Å². The number of hydrogen-bond acceptors (Lipinski definition) is 19. The van der Waals surface area contributed by atoms with Crippen molar-refractivity contribution in [1.82, 2.24) is 65.3 Å². The van der Waals surface area contributed by atoms with Gasteiger partial charge < -0.3 is 39.6 Å². The van der Waals surface area contributed by atoms with Gasteiger partial charge in [0.15, 0.2) is 40.7 Å². The van der Waals surface area contributed by atoms with E-state index in [1.54, 1.807) is 30.3 Å². The Bertz CT molecular complexity index is 3770. The van der Waals surface area contributed by atoms with Crippen LogP contribution >= 0.6 is 0 Å². The number of nitrogens with one attached hydrogen (secondary N) is 3. The van der Waals surface area contributed by atoms with Crippen LogP contribution in [0.2, 0.25) is 0 Å². The highest BCUT2D eigenvalue weighted by molar-refractivity contribution is 5.92. The summed E-state index contributed by atoms with van der Waals surface area (Å²) in [5.74, 6) is -8.96. The van der Waals surface area contributed by atoms with Crippen LogP contribution in [0.3, 0.4) is 0 Å². The number of aromatic nitrogens is 12. The first-order valence-corrected chi connectivity index (χ1v) is 24.8. The van der Waals surface area contributed by atoms with E-state index in [1.807, 2.05) is 10.6 Å². The molecule has 2 atom stereocenters. The molecule has 7 aromatic heterocycles. The van der Waals surface area contributed by atoms with E-state index < -0.39 is 95.7 Å². The number of alkyl halides is 6. The molecule has 5 N–H and O–H groups in total. The van der Waals surface area contributed by atoms with E-state index >= 15 is 0 Å². The van der Waals surface area contributed by atoms with Crippen molar-refractivity contribution in [3.05, 3.63) is 144 Å². The summed E-state index contributed by atoms with van der Waals surface area (Å²) in [5.41, 5.74) is -5.57. The topological polar surface area (TPSA) is 289 Å². The van der Waals surface area contributed by atoms with E-state index in [-0.39, 0.29) is 59.4 Å². The quantitative estimate of drug-likeness (QED) is 0.0460. The van der Waals surface area contributed by atoms with Gasteiger partial charge in [-0.2, -0.15) is 36.5 Å². The summed E-state index contributed by atoms with van der Waals surface area (Å²) in [6.45, 7) is -3.58. The molecule has 2 saturated carbocycles. The number of rotatable bonds is 20. The van der Waals surface area contributed by atoms with Crippen molar-refractivity contribution in [3.8, 4) is 45.8 Å². The second-order valence-corrected chi connectivity index (χ2v) is 18.9. The van der Waals surface area contributed by atoms with Crippen molar-refractivity contribution in [3.63, 3.8) is 0 Å². The minimum atomic E-state index is -5.49. The largest absolute Gasteiger partial charge is 0.428 e. The molecule has 7 heterocycles. The Morgan fingerprint density at radius 1 is 0.627 bits per heavy atom. The van der Waals surface area contributed by atoms with Gasteiger partial charge in [0.25, 0.3) is 23.0 Å². The molecule has 9 aromatic rings. The van der Waals surface area contributed by atoms with Crippen LogP contribution in [0, 0.1) is 29.2 Å². The lowest BCUT2D eigenvalue weighted by Gasteiger charge is -2.29. The molecule has 2 aliphatic rings. The van der Waals surface area contributed by atoms with Gasteiger partial charge in [0.2, 0.25) is 5.89 Å². The van der Waals surface area contributed by atoms with E-state index in [9.17, 15) is 63.7 Å². The maximum atomic E-state index is 14.6. The maximum absolute atomic E-state index is 14.6. The normalized spacial score (nSPS) is 15.0. The lowest BCUT2D eigenvalue weighted by molar-refractivity contribution is -0.268. The van der Waals surface area contributed by atoms with Gasteiger partial charge in [-0.1, -0.05) is 46.7 Å². The second-order valence-electron chi connectivity index (χ2n) is 18.9. The fraction of sp³-hybridized carbons (Fsp3) is 0.294. The predicted molar refractivity (Wildman–Crippen MR) is 263 cm³/mol. The molecular weight excluding hydrogens is 1120 g/mol. The van der Waals surface area contributed by atoms with Crippen LogP contribution in [0.4, 0.5) is 55.5 Å². The SMILES string of the molecule is O=C(CNC(=O)C(O)(CNc1nc(-c2cc(-c3ccon3)n(Cc3ccccc3F)n2)ncc1F)C(F)(F)F)C1CC1.OC(CNc1nc(-c2cc(-c3ccon3)n(Cc3ccccc3F)n2)ncc1F)(c1nnc(C2CC2)o1)C(F)(F)F. The highest BCUT2D eigenvalue weighted by atomic mass is 19.4. The van der Waals surface area contributed by atoms with Crippen molar-refractivity contribution in [2.75, 3.05) is 30.3 Å². The Morgan fingerprint density at radius 2 is 1.13 bits per heavy atom. The summed E-state index contributed by atoms with van der Waals surface area (Å²) in [6, 6.07) is 18.0. The Hall–Kier alpha value is -9.46. The number of aliphatic hydroxyl groups is 2. The van der Waals surface area contributed by atoms with E-state index in [1.165, 1.54) is 64.4 Å². The van der Waals surface area contributed by atoms with Gasteiger partial charge in [-0.3, -0.25) is 19.0 Å². The number of nitrogens with zero attached hydrogens (tertiary/aromatic N) is 12.